The highest BCUT2D eigenvalue weighted by molar-refractivity contribution is 6.09. The Morgan fingerprint density at radius 2 is 1.73 bits per heavy atom. The van der Waals surface area contributed by atoms with Crippen LogP contribution in [0.4, 0.5) is 10.1 Å². The summed E-state index contributed by atoms with van der Waals surface area (Å²) in [5, 5.41) is 5.37. The lowest BCUT2D eigenvalue weighted by Crippen LogP contribution is -2.44. The summed E-state index contributed by atoms with van der Waals surface area (Å²) in [6.45, 7) is 3.49. The molecule has 2 amide bonds. The molecule has 26 heavy (non-hydrogen) atoms. The topological polar surface area (TPSA) is 76.7 Å². The SMILES string of the molecule is CC(C)(C(=O)NCc1ccc2c(c1)OCO2)C(=O)Nc1ccc(F)cc1. The van der Waals surface area contributed by atoms with Gasteiger partial charge in [-0.3, -0.25) is 9.59 Å². The minimum absolute atomic E-state index is 0.182. The van der Waals surface area contributed by atoms with Crippen LogP contribution >= 0.6 is 0 Å². The van der Waals surface area contributed by atoms with Gasteiger partial charge in [-0.2, -0.15) is 0 Å². The molecule has 0 aromatic heterocycles. The summed E-state index contributed by atoms with van der Waals surface area (Å²) >= 11 is 0. The molecule has 0 unspecified atom stereocenters. The smallest absolute Gasteiger partial charge is 0.239 e. The van der Waals surface area contributed by atoms with Crippen molar-refractivity contribution >= 4 is 17.5 Å². The van der Waals surface area contributed by atoms with Gasteiger partial charge in [0.25, 0.3) is 0 Å². The highest BCUT2D eigenvalue weighted by atomic mass is 19.1. The van der Waals surface area contributed by atoms with E-state index in [1.807, 2.05) is 6.07 Å². The number of halogens is 1. The number of carbonyl (C=O) groups excluding carboxylic acids is 2. The second-order valence-corrected chi connectivity index (χ2v) is 6.46. The third-order valence-electron chi connectivity index (χ3n) is 4.13. The van der Waals surface area contributed by atoms with Crippen LogP contribution in [0.5, 0.6) is 11.5 Å². The maximum absolute atomic E-state index is 12.9. The molecule has 136 valence electrons. The van der Waals surface area contributed by atoms with Crippen molar-refractivity contribution in [2.24, 2.45) is 5.41 Å². The first-order valence-electron chi connectivity index (χ1n) is 8.10. The quantitative estimate of drug-likeness (QED) is 0.806. The van der Waals surface area contributed by atoms with Crippen LogP contribution in [-0.2, 0) is 16.1 Å². The molecule has 0 radical (unpaired) electrons. The summed E-state index contributed by atoms with van der Waals surface area (Å²) < 4.78 is 23.5. The van der Waals surface area contributed by atoms with Crippen molar-refractivity contribution in [1.29, 1.82) is 0 Å². The Balaban J connectivity index is 1.60. The molecule has 0 atom stereocenters. The lowest BCUT2D eigenvalue weighted by Gasteiger charge is -2.22. The molecule has 0 saturated carbocycles. The predicted molar refractivity (Wildman–Crippen MR) is 93.2 cm³/mol. The first-order chi connectivity index (χ1) is 12.4. The van der Waals surface area contributed by atoms with Crippen molar-refractivity contribution in [2.45, 2.75) is 20.4 Å². The molecular formula is C19H19FN2O4. The number of rotatable bonds is 5. The Labute approximate surface area is 150 Å². The van der Waals surface area contributed by atoms with Crippen LogP contribution in [0.25, 0.3) is 0 Å². The van der Waals surface area contributed by atoms with E-state index in [1.54, 1.807) is 12.1 Å². The fourth-order valence-electron chi connectivity index (χ4n) is 2.38. The molecule has 1 aliphatic rings. The van der Waals surface area contributed by atoms with Gasteiger partial charge in [-0.25, -0.2) is 4.39 Å². The van der Waals surface area contributed by atoms with Crippen LogP contribution < -0.4 is 20.1 Å². The van der Waals surface area contributed by atoms with E-state index in [9.17, 15) is 14.0 Å². The van der Waals surface area contributed by atoms with E-state index in [4.69, 9.17) is 9.47 Å². The second-order valence-electron chi connectivity index (χ2n) is 6.46. The summed E-state index contributed by atoms with van der Waals surface area (Å²) in [7, 11) is 0. The third-order valence-corrected chi connectivity index (χ3v) is 4.13. The standard InChI is InChI=1S/C19H19FN2O4/c1-19(2,18(24)22-14-6-4-13(20)5-7-14)17(23)21-10-12-3-8-15-16(9-12)26-11-25-15/h3-9H,10-11H2,1-2H3,(H,21,23)(H,22,24). The Hall–Kier alpha value is -3.09. The molecule has 2 aromatic rings. The largest absolute Gasteiger partial charge is 0.454 e. The maximum atomic E-state index is 12.9. The first kappa shape index (κ1) is 17.7. The second kappa shape index (κ2) is 7.03. The summed E-state index contributed by atoms with van der Waals surface area (Å²) in [5.41, 5.74) is -0.0459. The van der Waals surface area contributed by atoms with Crippen LogP contribution in [0.15, 0.2) is 42.5 Å². The van der Waals surface area contributed by atoms with E-state index in [0.29, 0.717) is 17.2 Å². The molecule has 3 rings (SSSR count). The van der Waals surface area contributed by atoms with Crippen molar-refractivity contribution in [1.82, 2.24) is 5.32 Å². The van der Waals surface area contributed by atoms with Crippen LogP contribution in [0.3, 0.4) is 0 Å². The fraction of sp³-hybridized carbons (Fsp3) is 0.263. The molecule has 0 saturated heterocycles. The zero-order valence-corrected chi connectivity index (χ0v) is 14.5. The fourth-order valence-corrected chi connectivity index (χ4v) is 2.38. The monoisotopic (exact) mass is 358 g/mol. The van der Waals surface area contributed by atoms with Crippen molar-refractivity contribution < 1.29 is 23.5 Å². The van der Waals surface area contributed by atoms with E-state index < -0.39 is 23.0 Å². The van der Waals surface area contributed by atoms with Gasteiger partial charge in [-0.05, 0) is 55.8 Å². The van der Waals surface area contributed by atoms with Crippen molar-refractivity contribution in [3.05, 3.63) is 53.8 Å². The zero-order valence-electron chi connectivity index (χ0n) is 14.5. The van der Waals surface area contributed by atoms with Gasteiger partial charge in [0.15, 0.2) is 11.5 Å². The summed E-state index contributed by atoms with van der Waals surface area (Å²) in [6.07, 6.45) is 0. The molecule has 0 aliphatic carbocycles. The van der Waals surface area contributed by atoms with Gasteiger partial charge < -0.3 is 20.1 Å². The molecule has 0 fully saturated rings. The molecule has 7 heteroatoms. The average Bonchev–Trinajstić information content (AvgIpc) is 3.09. The van der Waals surface area contributed by atoms with E-state index in [2.05, 4.69) is 10.6 Å². The van der Waals surface area contributed by atoms with E-state index in [-0.39, 0.29) is 13.3 Å². The number of hydrogen-bond donors (Lipinski definition) is 2. The Morgan fingerprint density at radius 1 is 1.04 bits per heavy atom. The maximum Gasteiger partial charge on any atom is 0.239 e. The van der Waals surface area contributed by atoms with Crippen LogP contribution in [0.1, 0.15) is 19.4 Å². The third kappa shape index (κ3) is 3.77. The predicted octanol–water partition coefficient (Wildman–Crippen LogP) is 2.84. The first-order valence-corrected chi connectivity index (χ1v) is 8.10. The van der Waals surface area contributed by atoms with Gasteiger partial charge in [0, 0.05) is 12.2 Å². The normalized spacial score (nSPS) is 12.6. The minimum Gasteiger partial charge on any atom is -0.454 e. The lowest BCUT2D eigenvalue weighted by atomic mass is 9.90. The summed E-state index contributed by atoms with van der Waals surface area (Å²) in [4.78, 5) is 24.9. The van der Waals surface area contributed by atoms with E-state index >= 15 is 0 Å². The van der Waals surface area contributed by atoms with E-state index in [0.717, 1.165) is 5.56 Å². The van der Waals surface area contributed by atoms with Gasteiger partial charge in [0.2, 0.25) is 18.6 Å². The van der Waals surface area contributed by atoms with Crippen LogP contribution in [0, 0.1) is 11.2 Å². The molecule has 2 aromatic carbocycles. The number of carbonyl (C=O) groups is 2. The molecular weight excluding hydrogens is 339 g/mol. The van der Waals surface area contributed by atoms with Gasteiger partial charge in [-0.1, -0.05) is 6.07 Å². The highest BCUT2D eigenvalue weighted by Gasteiger charge is 2.36. The number of ether oxygens (including phenoxy) is 2. The van der Waals surface area contributed by atoms with Gasteiger partial charge in [-0.15, -0.1) is 0 Å². The molecule has 1 aliphatic heterocycles. The number of fused-ring (bicyclic) bond motifs is 1. The van der Waals surface area contributed by atoms with Gasteiger partial charge >= 0.3 is 0 Å². The van der Waals surface area contributed by atoms with Crippen LogP contribution in [0.2, 0.25) is 0 Å². The van der Waals surface area contributed by atoms with Gasteiger partial charge in [0.1, 0.15) is 11.2 Å². The number of hydrogen-bond acceptors (Lipinski definition) is 4. The number of benzene rings is 2. The summed E-state index contributed by atoms with van der Waals surface area (Å²) in [6, 6.07) is 10.7. The molecule has 2 N–H and O–H groups in total. The Kier molecular flexibility index (Phi) is 4.79. The van der Waals surface area contributed by atoms with Crippen molar-refractivity contribution in [3.8, 4) is 11.5 Å². The minimum atomic E-state index is -1.30. The Morgan fingerprint density at radius 3 is 2.46 bits per heavy atom. The van der Waals surface area contributed by atoms with E-state index in [1.165, 1.54) is 38.1 Å². The molecule has 0 bridgehead atoms. The zero-order chi connectivity index (χ0) is 18.7. The molecule has 1 heterocycles. The van der Waals surface area contributed by atoms with Crippen LogP contribution in [-0.4, -0.2) is 18.6 Å². The van der Waals surface area contributed by atoms with Crippen molar-refractivity contribution in [3.63, 3.8) is 0 Å². The van der Waals surface area contributed by atoms with Crippen molar-refractivity contribution in [2.75, 3.05) is 12.1 Å². The lowest BCUT2D eigenvalue weighted by molar-refractivity contribution is -0.138. The number of amides is 2. The highest BCUT2D eigenvalue weighted by Crippen LogP contribution is 2.32. The molecule has 6 nitrogen and oxygen atoms in total. The Bertz CT molecular complexity index is 834. The number of anilines is 1. The summed E-state index contributed by atoms with van der Waals surface area (Å²) in [5.74, 6) is -0.00468. The average molecular weight is 358 g/mol. The number of nitrogens with one attached hydrogen (secondary N) is 2. The molecule has 0 spiro atoms. The van der Waals surface area contributed by atoms with Gasteiger partial charge in [0.05, 0.1) is 0 Å².